The van der Waals surface area contributed by atoms with Crippen molar-refractivity contribution in [2.75, 3.05) is 0 Å². The van der Waals surface area contributed by atoms with Crippen molar-refractivity contribution in [3.63, 3.8) is 0 Å². The number of benzene rings is 1. The Morgan fingerprint density at radius 2 is 2.00 bits per heavy atom. The van der Waals surface area contributed by atoms with E-state index in [-0.39, 0.29) is 11.5 Å². The summed E-state index contributed by atoms with van der Waals surface area (Å²) in [6.45, 7) is 11.1. The van der Waals surface area contributed by atoms with E-state index in [9.17, 15) is 0 Å². The summed E-state index contributed by atoms with van der Waals surface area (Å²) in [5, 5.41) is 20.2. The Bertz CT molecular complexity index is 1370. The predicted molar refractivity (Wildman–Crippen MR) is 100 cm³/mol. The number of nitrogens with one attached hydrogen (secondary N) is 2. The van der Waals surface area contributed by atoms with E-state index in [4.69, 9.17) is 6.57 Å². The molecule has 0 unspecified atom stereocenters. The molecular weight excluding hydrogens is 358 g/mol. The van der Waals surface area contributed by atoms with Gasteiger partial charge in [-0.05, 0) is 26.0 Å². The van der Waals surface area contributed by atoms with Gasteiger partial charge < -0.3 is 4.98 Å². The Kier molecular flexibility index (Phi) is 3.32. The molecule has 0 spiro atoms. The molecule has 0 bridgehead atoms. The van der Waals surface area contributed by atoms with E-state index >= 15 is 0 Å². The number of para-hydroxylation sites is 2. The highest BCUT2D eigenvalue weighted by Crippen LogP contribution is 2.33. The molecule has 1 aromatic carbocycles. The molecule has 11 nitrogen and oxygen atoms in total. The zero-order valence-corrected chi connectivity index (χ0v) is 14.9. The Balaban J connectivity index is 1.63. The van der Waals surface area contributed by atoms with Crippen LogP contribution in [0, 0.1) is 20.4 Å². The maximum absolute atomic E-state index is 7.40. The molecule has 0 saturated carbocycles. The molecule has 0 amide bonds. The van der Waals surface area contributed by atoms with Gasteiger partial charge in [0, 0.05) is 0 Å². The second-order valence-electron chi connectivity index (χ2n) is 6.13. The van der Waals surface area contributed by atoms with Crippen molar-refractivity contribution in [2.24, 2.45) is 10.2 Å². The van der Waals surface area contributed by atoms with Crippen LogP contribution in [0.2, 0.25) is 0 Å². The zero-order chi connectivity index (χ0) is 19.3. The monoisotopic (exact) mass is 371 g/mol. The lowest BCUT2D eigenvalue weighted by atomic mass is 10.3. The number of fused-ring (bicyclic) bond motifs is 2. The van der Waals surface area contributed by atoms with Crippen molar-refractivity contribution in [2.45, 2.75) is 13.8 Å². The van der Waals surface area contributed by atoms with Gasteiger partial charge in [0.2, 0.25) is 11.6 Å². The first-order valence-electron chi connectivity index (χ1n) is 8.38. The summed E-state index contributed by atoms with van der Waals surface area (Å²) in [4.78, 5) is 15.5. The van der Waals surface area contributed by atoms with Crippen LogP contribution < -0.4 is 0 Å². The van der Waals surface area contributed by atoms with E-state index in [0.29, 0.717) is 23.1 Å². The zero-order valence-electron chi connectivity index (χ0n) is 14.9. The lowest BCUT2D eigenvalue weighted by Gasteiger charge is -1.99. The van der Waals surface area contributed by atoms with Gasteiger partial charge in [-0.2, -0.15) is 14.4 Å². The van der Waals surface area contributed by atoms with Crippen molar-refractivity contribution in [1.82, 2.24) is 39.6 Å². The van der Waals surface area contributed by atoms with Crippen molar-refractivity contribution < 1.29 is 0 Å². The number of hydrogen-bond donors (Lipinski definition) is 2. The number of rotatable bonds is 3. The highest BCUT2D eigenvalue weighted by molar-refractivity contribution is 5.76. The lowest BCUT2D eigenvalue weighted by molar-refractivity contribution is 0.793. The second-order valence-corrected chi connectivity index (χ2v) is 6.13. The fourth-order valence-corrected chi connectivity index (χ4v) is 2.94. The fourth-order valence-electron chi connectivity index (χ4n) is 2.94. The smallest absolute Gasteiger partial charge is 0.252 e. The summed E-state index contributed by atoms with van der Waals surface area (Å²) in [5.74, 6) is 1.36. The van der Waals surface area contributed by atoms with Crippen molar-refractivity contribution >= 4 is 33.9 Å². The van der Waals surface area contributed by atoms with Crippen LogP contribution in [0.5, 0.6) is 0 Å². The summed E-state index contributed by atoms with van der Waals surface area (Å²) in [6, 6.07) is 7.63. The molecule has 0 atom stereocenters. The van der Waals surface area contributed by atoms with Gasteiger partial charge in [-0.15, -0.1) is 15.3 Å². The van der Waals surface area contributed by atoms with Gasteiger partial charge in [0.25, 0.3) is 5.69 Å². The molecule has 5 rings (SSSR count). The van der Waals surface area contributed by atoms with Crippen LogP contribution in [0.15, 0.2) is 40.7 Å². The third-order valence-electron chi connectivity index (χ3n) is 4.22. The number of aromatic amines is 2. The minimum atomic E-state index is 0.270. The number of nitrogens with zero attached hydrogens (tertiary/aromatic N) is 9. The third-order valence-corrected chi connectivity index (χ3v) is 4.22. The van der Waals surface area contributed by atoms with Gasteiger partial charge in [-0.1, -0.05) is 12.1 Å². The average molecular weight is 371 g/mol. The molecule has 0 saturated heterocycles. The Morgan fingerprint density at radius 3 is 2.82 bits per heavy atom. The Morgan fingerprint density at radius 1 is 1.14 bits per heavy atom. The van der Waals surface area contributed by atoms with E-state index in [1.54, 1.807) is 11.6 Å². The van der Waals surface area contributed by atoms with Gasteiger partial charge in [0.15, 0.2) is 11.5 Å². The maximum atomic E-state index is 7.40. The topological polar surface area (TPSA) is 122 Å². The molecule has 0 fully saturated rings. The van der Waals surface area contributed by atoms with Crippen LogP contribution in [-0.4, -0.2) is 39.6 Å². The molecule has 2 N–H and O–H groups in total. The van der Waals surface area contributed by atoms with E-state index in [1.165, 1.54) is 10.9 Å². The van der Waals surface area contributed by atoms with Crippen LogP contribution in [0.25, 0.3) is 27.5 Å². The summed E-state index contributed by atoms with van der Waals surface area (Å²) in [5.41, 5.74) is 3.81. The molecule has 136 valence electrons. The van der Waals surface area contributed by atoms with Gasteiger partial charge in [0.1, 0.15) is 5.82 Å². The molecular formula is C17H13N11. The largest absolute Gasteiger partial charge is 0.322 e. The highest BCUT2D eigenvalue weighted by atomic mass is 15.5. The molecule has 0 aliphatic carbocycles. The number of aryl methyl sites for hydroxylation is 2. The number of aromatic nitrogens is 8. The quantitative estimate of drug-likeness (QED) is 0.371. The number of imidazole rings is 1. The van der Waals surface area contributed by atoms with Crippen LogP contribution in [-0.2, 0) is 0 Å². The summed E-state index contributed by atoms with van der Waals surface area (Å²) >= 11 is 0. The van der Waals surface area contributed by atoms with E-state index in [1.807, 2.05) is 31.2 Å². The molecule has 5 aromatic rings. The normalized spacial score (nSPS) is 11.8. The van der Waals surface area contributed by atoms with Gasteiger partial charge in [-0.25, -0.2) is 14.8 Å². The standard InChI is InChI=1S/C17H13N11/c1-9-14(16-20-10(2)26-28(16)25-9)23-24-15-13(18-3)8-19-27(15)17-21-11-6-4-5-7-12(11)22-17/h4-8,25H,1-2H3,(H,21,22). The van der Waals surface area contributed by atoms with Crippen LogP contribution in [0.3, 0.4) is 0 Å². The summed E-state index contributed by atoms with van der Waals surface area (Å²) < 4.78 is 3.01. The van der Waals surface area contributed by atoms with Crippen LogP contribution >= 0.6 is 0 Å². The maximum Gasteiger partial charge on any atom is 0.252 e. The fraction of sp³-hybridized carbons (Fsp3) is 0.118. The summed E-state index contributed by atoms with van der Waals surface area (Å²) in [7, 11) is 0. The SMILES string of the molecule is [C-]#[N+]c1cnn(-c2nc3ccccc3[nH]2)c1N=Nc1c(C)[nH]n2nc(C)nc12. The first-order valence-corrected chi connectivity index (χ1v) is 8.38. The molecule has 0 aliphatic heterocycles. The molecule has 4 heterocycles. The molecule has 4 aromatic heterocycles. The molecule has 28 heavy (non-hydrogen) atoms. The number of H-pyrrole nitrogens is 2. The summed E-state index contributed by atoms with van der Waals surface area (Å²) in [6.07, 6.45) is 1.44. The van der Waals surface area contributed by atoms with E-state index in [0.717, 1.165) is 16.7 Å². The van der Waals surface area contributed by atoms with E-state index < -0.39 is 0 Å². The van der Waals surface area contributed by atoms with Crippen molar-refractivity contribution in [1.29, 1.82) is 0 Å². The minimum Gasteiger partial charge on any atom is -0.322 e. The van der Waals surface area contributed by atoms with Crippen molar-refractivity contribution in [3.05, 3.63) is 53.4 Å². The highest BCUT2D eigenvalue weighted by Gasteiger charge is 2.17. The van der Waals surface area contributed by atoms with Gasteiger partial charge in [0.05, 0.1) is 29.5 Å². The average Bonchev–Trinajstić information content (AvgIpc) is 3.41. The Hall–Kier alpha value is -4.33. The van der Waals surface area contributed by atoms with E-state index in [2.05, 4.69) is 45.3 Å². The van der Waals surface area contributed by atoms with Gasteiger partial charge in [-0.3, -0.25) is 5.10 Å². The third kappa shape index (κ3) is 2.36. The molecule has 0 radical (unpaired) electrons. The van der Waals surface area contributed by atoms with Gasteiger partial charge >= 0.3 is 0 Å². The predicted octanol–water partition coefficient (Wildman–Crippen LogP) is 3.70. The molecule has 11 heteroatoms. The lowest BCUT2D eigenvalue weighted by Crippen LogP contribution is -1.97. The number of hydrogen-bond acceptors (Lipinski definition) is 6. The number of azo groups is 1. The minimum absolute atomic E-state index is 0.270. The van der Waals surface area contributed by atoms with Crippen molar-refractivity contribution in [3.8, 4) is 5.95 Å². The molecule has 0 aliphatic rings. The van der Waals surface area contributed by atoms with Crippen LogP contribution in [0.1, 0.15) is 11.5 Å². The first-order chi connectivity index (χ1) is 13.6. The second kappa shape index (κ2) is 5.85. The first kappa shape index (κ1) is 15.9. The van der Waals surface area contributed by atoms with Crippen LogP contribution in [0.4, 0.5) is 17.2 Å². The Labute approximate surface area is 157 Å².